The molecule has 1 aliphatic carbocycles. The van der Waals surface area contributed by atoms with Crippen LogP contribution in [0.4, 0.5) is 0 Å². The molecule has 1 aromatic heterocycles. The summed E-state index contributed by atoms with van der Waals surface area (Å²) >= 11 is 5.96. The van der Waals surface area contributed by atoms with Crippen LogP contribution in [0.5, 0.6) is 0 Å². The van der Waals surface area contributed by atoms with Crippen LogP contribution < -0.4 is 10.5 Å². The summed E-state index contributed by atoms with van der Waals surface area (Å²) in [6.45, 7) is 0.530. The van der Waals surface area contributed by atoms with Crippen LogP contribution in [-0.4, -0.2) is 20.0 Å². The second kappa shape index (κ2) is 6.30. The average molecular weight is 318 g/mol. The van der Waals surface area contributed by atoms with Gasteiger partial charge in [0.05, 0.1) is 4.88 Å². The summed E-state index contributed by atoms with van der Waals surface area (Å²) < 4.78 is 27.2. The van der Waals surface area contributed by atoms with Crippen LogP contribution in [-0.2, 0) is 10.0 Å². The Morgan fingerprint density at radius 3 is 2.63 bits per heavy atom. The molecular weight excluding hydrogens is 300 g/mol. The molecule has 0 aromatic carbocycles. The van der Waals surface area contributed by atoms with Crippen molar-refractivity contribution in [3.8, 4) is 0 Å². The molecule has 1 aliphatic rings. The molecule has 0 radical (unpaired) electrons. The van der Waals surface area contributed by atoms with Gasteiger partial charge in [0.2, 0.25) is 10.0 Å². The van der Waals surface area contributed by atoms with Gasteiger partial charge in [-0.2, -0.15) is 0 Å². The molecule has 106 valence electrons. The van der Waals surface area contributed by atoms with Crippen LogP contribution in [0, 0.1) is 5.92 Å². The maximum atomic E-state index is 12.1. The quantitative estimate of drug-likeness (QED) is 0.817. The van der Waals surface area contributed by atoms with Crippen molar-refractivity contribution < 1.29 is 8.42 Å². The molecule has 0 bridgehead atoms. The van der Waals surface area contributed by atoms with Crippen molar-refractivity contribution in [2.45, 2.75) is 36.3 Å². The normalized spacial score (nSPS) is 17.5. The molecule has 0 spiro atoms. The van der Waals surface area contributed by atoms with Gasteiger partial charge in [-0.15, -0.1) is 11.3 Å². The van der Waals surface area contributed by atoms with Crippen molar-refractivity contribution in [1.29, 1.82) is 0 Å². The number of thiophene rings is 1. The van der Waals surface area contributed by atoms with Crippen LogP contribution in [0.3, 0.4) is 0 Å². The number of nitrogens with two attached hydrogens (primary N) is 1. The maximum Gasteiger partial charge on any atom is 0.250 e. The van der Waals surface area contributed by atoms with Crippen LogP contribution >= 0.6 is 23.6 Å². The average Bonchev–Trinajstić information content (AvgIpc) is 2.88. The Labute approximate surface area is 123 Å². The number of hydrogen-bond donors (Lipinski definition) is 2. The maximum absolute atomic E-state index is 12.1. The summed E-state index contributed by atoms with van der Waals surface area (Å²) in [7, 11) is -3.42. The minimum absolute atomic E-state index is 0.235. The van der Waals surface area contributed by atoms with E-state index in [2.05, 4.69) is 4.72 Å². The molecule has 0 amide bonds. The SMILES string of the molecule is NC(=S)c1ccc(S(=O)(=O)NCC2CCCCC2)s1. The van der Waals surface area contributed by atoms with Crippen molar-refractivity contribution in [3.63, 3.8) is 0 Å². The van der Waals surface area contributed by atoms with E-state index in [9.17, 15) is 8.42 Å². The Hall–Kier alpha value is -0.500. The van der Waals surface area contributed by atoms with Gasteiger partial charge in [-0.3, -0.25) is 0 Å². The fourth-order valence-electron chi connectivity index (χ4n) is 2.29. The highest BCUT2D eigenvalue weighted by Crippen LogP contribution is 2.25. The van der Waals surface area contributed by atoms with Gasteiger partial charge < -0.3 is 5.73 Å². The topological polar surface area (TPSA) is 72.2 Å². The molecule has 0 aliphatic heterocycles. The zero-order chi connectivity index (χ0) is 13.9. The lowest BCUT2D eigenvalue weighted by Gasteiger charge is -2.21. The molecule has 7 heteroatoms. The molecule has 0 saturated heterocycles. The van der Waals surface area contributed by atoms with E-state index < -0.39 is 10.0 Å². The number of nitrogens with one attached hydrogen (secondary N) is 1. The van der Waals surface area contributed by atoms with Gasteiger partial charge in [-0.1, -0.05) is 31.5 Å². The van der Waals surface area contributed by atoms with Gasteiger partial charge in [0.25, 0.3) is 0 Å². The van der Waals surface area contributed by atoms with Crippen molar-refractivity contribution in [2.24, 2.45) is 11.7 Å². The van der Waals surface area contributed by atoms with E-state index in [0.29, 0.717) is 17.3 Å². The summed E-state index contributed by atoms with van der Waals surface area (Å²) in [5.41, 5.74) is 5.49. The highest BCUT2D eigenvalue weighted by atomic mass is 32.2. The predicted octanol–water partition coefficient (Wildman–Crippen LogP) is 2.24. The zero-order valence-electron chi connectivity index (χ0n) is 10.6. The van der Waals surface area contributed by atoms with Crippen LogP contribution in [0.25, 0.3) is 0 Å². The number of thiocarbonyl (C=S) groups is 1. The molecule has 3 N–H and O–H groups in total. The standard InChI is InChI=1S/C12H18N2O2S3/c13-12(17)10-6-7-11(18-10)19(15,16)14-8-9-4-2-1-3-5-9/h6-7,9,14H,1-5,8H2,(H2,13,17). The summed E-state index contributed by atoms with van der Waals surface area (Å²) in [4.78, 5) is 0.867. The molecule has 0 atom stereocenters. The molecule has 1 fully saturated rings. The lowest BCUT2D eigenvalue weighted by atomic mass is 9.90. The van der Waals surface area contributed by atoms with Gasteiger partial charge in [0.1, 0.15) is 9.20 Å². The van der Waals surface area contributed by atoms with Gasteiger partial charge in [-0.05, 0) is 30.9 Å². The Morgan fingerprint density at radius 1 is 1.37 bits per heavy atom. The first-order valence-corrected chi connectivity index (χ1v) is 9.09. The zero-order valence-corrected chi connectivity index (χ0v) is 13.0. The summed E-state index contributed by atoms with van der Waals surface area (Å²) in [6, 6.07) is 3.21. The van der Waals surface area contributed by atoms with E-state index in [1.54, 1.807) is 12.1 Å². The summed E-state index contributed by atoms with van der Waals surface area (Å²) in [5.74, 6) is 0.471. The second-order valence-electron chi connectivity index (χ2n) is 4.84. The van der Waals surface area contributed by atoms with Gasteiger partial charge >= 0.3 is 0 Å². The Bertz CT molecular complexity index is 545. The first-order chi connectivity index (χ1) is 8.99. The fourth-order valence-corrected chi connectivity index (χ4v) is 4.80. The van der Waals surface area contributed by atoms with E-state index >= 15 is 0 Å². The fraction of sp³-hybridized carbons (Fsp3) is 0.583. The minimum Gasteiger partial charge on any atom is -0.389 e. The van der Waals surface area contributed by atoms with Crippen molar-refractivity contribution in [1.82, 2.24) is 4.72 Å². The number of hydrogen-bond acceptors (Lipinski definition) is 4. The lowest BCUT2D eigenvalue weighted by molar-refractivity contribution is 0.357. The van der Waals surface area contributed by atoms with E-state index in [0.717, 1.165) is 24.2 Å². The van der Waals surface area contributed by atoms with Gasteiger partial charge in [0, 0.05) is 6.54 Å². The van der Waals surface area contributed by atoms with Gasteiger partial charge in [0.15, 0.2) is 0 Å². The Morgan fingerprint density at radius 2 is 2.05 bits per heavy atom. The third kappa shape index (κ3) is 3.98. The molecular formula is C12H18N2O2S3. The largest absolute Gasteiger partial charge is 0.389 e. The predicted molar refractivity (Wildman–Crippen MR) is 82.0 cm³/mol. The minimum atomic E-state index is -3.42. The van der Waals surface area contributed by atoms with Gasteiger partial charge in [-0.25, -0.2) is 13.1 Å². The number of sulfonamides is 1. The Balaban J connectivity index is 1.98. The Kier molecular flexibility index (Phi) is 4.94. The highest BCUT2D eigenvalue weighted by Gasteiger charge is 2.20. The molecule has 2 rings (SSSR count). The summed E-state index contributed by atoms with van der Waals surface area (Å²) in [6.07, 6.45) is 5.91. The van der Waals surface area contributed by atoms with Crippen LogP contribution in [0.2, 0.25) is 0 Å². The molecule has 1 heterocycles. The van der Waals surface area contributed by atoms with E-state index in [-0.39, 0.29) is 9.20 Å². The lowest BCUT2D eigenvalue weighted by Crippen LogP contribution is -2.29. The van der Waals surface area contributed by atoms with E-state index in [1.807, 2.05) is 0 Å². The van der Waals surface area contributed by atoms with E-state index in [4.69, 9.17) is 18.0 Å². The smallest absolute Gasteiger partial charge is 0.250 e. The molecule has 0 unspecified atom stereocenters. The molecule has 19 heavy (non-hydrogen) atoms. The van der Waals surface area contributed by atoms with Crippen molar-refractivity contribution >= 4 is 38.6 Å². The summed E-state index contributed by atoms with van der Waals surface area (Å²) in [5, 5.41) is 0. The highest BCUT2D eigenvalue weighted by molar-refractivity contribution is 7.91. The van der Waals surface area contributed by atoms with Crippen molar-refractivity contribution in [2.75, 3.05) is 6.54 Å². The second-order valence-corrected chi connectivity index (χ2v) is 8.36. The van der Waals surface area contributed by atoms with Crippen LogP contribution in [0.15, 0.2) is 16.3 Å². The molecule has 1 aromatic rings. The van der Waals surface area contributed by atoms with Crippen molar-refractivity contribution in [3.05, 3.63) is 17.0 Å². The first-order valence-electron chi connectivity index (χ1n) is 6.38. The third-order valence-corrected chi connectivity index (χ3v) is 6.76. The first kappa shape index (κ1) is 14.9. The van der Waals surface area contributed by atoms with E-state index in [1.165, 1.54) is 19.3 Å². The number of rotatable bonds is 5. The molecule has 4 nitrogen and oxygen atoms in total. The molecule has 1 saturated carbocycles. The van der Waals surface area contributed by atoms with Crippen LogP contribution in [0.1, 0.15) is 37.0 Å². The third-order valence-electron chi connectivity index (χ3n) is 3.38. The monoisotopic (exact) mass is 318 g/mol.